The van der Waals surface area contributed by atoms with Crippen molar-refractivity contribution in [3.63, 3.8) is 0 Å². The Morgan fingerprint density at radius 3 is 2.38 bits per heavy atom. The fourth-order valence-electron chi connectivity index (χ4n) is 2.52. The van der Waals surface area contributed by atoms with Crippen LogP contribution in [0.15, 0.2) is 72.8 Å². The largest absolute Gasteiger partial charge is 0.483 e. The third-order valence-electron chi connectivity index (χ3n) is 3.90. The Morgan fingerprint density at radius 1 is 0.931 bits per heavy atom. The first kappa shape index (κ1) is 19.9. The molecule has 0 fully saturated rings. The summed E-state index contributed by atoms with van der Waals surface area (Å²) in [6.07, 6.45) is 0. The van der Waals surface area contributed by atoms with Crippen LogP contribution < -0.4 is 15.4 Å². The molecule has 7 heteroatoms. The van der Waals surface area contributed by atoms with Crippen molar-refractivity contribution in [2.24, 2.45) is 0 Å². The van der Waals surface area contributed by atoms with Crippen LogP contribution in [0.5, 0.6) is 5.75 Å². The molecule has 3 aromatic carbocycles. The number of nitriles is 1. The zero-order chi connectivity index (χ0) is 20.6. The van der Waals surface area contributed by atoms with E-state index in [4.69, 9.17) is 21.6 Å². The van der Waals surface area contributed by atoms with Crippen LogP contribution in [0.25, 0.3) is 0 Å². The molecule has 0 bridgehead atoms. The molecule has 0 unspecified atom stereocenters. The van der Waals surface area contributed by atoms with Crippen LogP contribution in [0.3, 0.4) is 0 Å². The number of halogens is 1. The van der Waals surface area contributed by atoms with Gasteiger partial charge >= 0.3 is 0 Å². The van der Waals surface area contributed by atoms with Gasteiger partial charge in [0.1, 0.15) is 11.8 Å². The van der Waals surface area contributed by atoms with E-state index in [1.807, 2.05) is 24.3 Å². The third-order valence-corrected chi connectivity index (χ3v) is 4.21. The lowest BCUT2D eigenvalue weighted by Gasteiger charge is -2.12. The molecule has 6 nitrogen and oxygen atoms in total. The number of nitrogens with one attached hydrogen (secondary N) is 2. The summed E-state index contributed by atoms with van der Waals surface area (Å²) >= 11 is 5.96. The molecule has 0 aliphatic heterocycles. The van der Waals surface area contributed by atoms with Crippen LogP contribution in [0, 0.1) is 11.3 Å². The van der Waals surface area contributed by atoms with E-state index in [-0.39, 0.29) is 23.3 Å². The minimum Gasteiger partial charge on any atom is -0.483 e. The van der Waals surface area contributed by atoms with Crippen molar-refractivity contribution >= 4 is 34.8 Å². The minimum absolute atomic E-state index is 0.245. The number of para-hydroxylation sites is 2. The predicted molar refractivity (Wildman–Crippen MR) is 111 cm³/mol. The average Bonchev–Trinajstić information content (AvgIpc) is 2.73. The lowest BCUT2D eigenvalue weighted by Crippen LogP contribution is -2.21. The lowest BCUT2D eigenvalue weighted by atomic mass is 10.2. The summed E-state index contributed by atoms with van der Waals surface area (Å²) < 4.78 is 5.55. The molecule has 0 saturated carbocycles. The van der Waals surface area contributed by atoms with E-state index in [0.29, 0.717) is 22.5 Å². The number of hydrogen-bond acceptors (Lipinski definition) is 4. The van der Waals surface area contributed by atoms with E-state index in [1.165, 1.54) is 12.1 Å². The quantitative estimate of drug-likeness (QED) is 0.632. The van der Waals surface area contributed by atoms with Gasteiger partial charge in [-0.3, -0.25) is 9.59 Å². The maximum Gasteiger partial charge on any atom is 0.262 e. The van der Waals surface area contributed by atoms with E-state index >= 15 is 0 Å². The Kier molecular flexibility index (Phi) is 6.46. The van der Waals surface area contributed by atoms with Gasteiger partial charge in [-0.1, -0.05) is 41.9 Å². The fourth-order valence-corrected chi connectivity index (χ4v) is 2.75. The van der Waals surface area contributed by atoms with Gasteiger partial charge in [0.2, 0.25) is 0 Å². The standard InChI is InChI=1S/C22H16ClN3O3/c23-19-12-17(11-10-15(19)13-24)25-21(27)14-29-20-9-5-4-8-18(20)22(28)26-16-6-2-1-3-7-16/h1-12H,14H2,(H,25,27)(H,26,28). The molecular weight excluding hydrogens is 390 g/mol. The van der Waals surface area contributed by atoms with Gasteiger partial charge in [-0.25, -0.2) is 0 Å². The van der Waals surface area contributed by atoms with E-state index < -0.39 is 5.91 Å². The Morgan fingerprint density at radius 2 is 1.66 bits per heavy atom. The molecule has 3 aromatic rings. The van der Waals surface area contributed by atoms with Crippen LogP contribution in [-0.2, 0) is 4.79 Å². The molecular formula is C22H16ClN3O3. The van der Waals surface area contributed by atoms with E-state index in [1.54, 1.807) is 42.5 Å². The molecule has 0 aliphatic rings. The van der Waals surface area contributed by atoms with E-state index in [2.05, 4.69) is 10.6 Å². The molecule has 0 saturated heterocycles. The van der Waals surface area contributed by atoms with Gasteiger partial charge in [0, 0.05) is 11.4 Å². The molecule has 0 spiro atoms. The van der Waals surface area contributed by atoms with Crippen molar-refractivity contribution in [1.82, 2.24) is 0 Å². The number of amides is 2. The number of hydrogen-bond donors (Lipinski definition) is 2. The van der Waals surface area contributed by atoms with Crippen molar-refractivity contribution in [3.8, 4) is 11.8 Å². The zero-order valence-electron chi connectivity index (χ0n) is 15.2. The summed E-state index contributed by atoms with van der Waals surface area (Å²) in [4.78, 5) is 24.7. The smallest absolute Gasteiger partial charge is 0.262 e. The van der Waals surface area contributed by atoms with Crippen LogP contribution in [0.2, 0.25) is 5.02 Å². The zero-order valence-corrected chi connectivity index (χ0v) is 15.9. The second kappa shape index (κ2) is 9.40. The summed E-state index contributed by atoms with van der Waals surface area (Å²) in [5.74, 6) is -0.482. The number of nitrogens with zero attached hydrogens (tertiary/aromatic N) is 1. The number of ether oxygens (including phenoxy) is 1. The molecule has 29 heavy (non-hydrogen) atoms. The van der Waals surface area contributed by atoms with Gasteiger partial charge < -0.3 is 15.4 Å². The molecule has 0 aromatic heterocycles. The number of carbonyl (C=O) groups is 2. The van der Waals surface area contributed by atoms with E-state index in [9.17, 15) is 9.59 Å². The summed E-state index contributed by atoms with van der Waals surface area (Å²) in [5.41, 5.74) is 1.73. The first-order valence-electron chi connectivity index (χ1n) is 8.64. The van der Waals surface area contributed by atoms with Gasteiger partial charge in [-0.05, 0) is 42.5 Å². The van der Waals surface area contributed by atoms with Crippen molar-refractivity contribution in [1.29, 1.82) is 5.26 Å². The summed E-state index contributed by atoms with van der Waals surface area (Å²) in [6, 6.07) is 22.2. The fraction of sp³-hybridized carbons (Fsp3) is 0.0455. The van der Waals surface area contributed by atoms with E-state index in [0.717, 1.165) is 0 Å². The first-order chi connectivity index (χ1) is 14.1. The van der Waals surface area contributed by atoms with Crippen LogP contribution >= 0.6 is 11.6 Å². The van der Waals surface area contributed by atoms with Gasteiger partial charge in [-0.2, -0.15) is 5.26 Å². The molecule has 0 atom stereocenters. The maximum atomic E-state index is 12.5. The molecule has 0 heterocycles. The number of rotatable bonds is 6. The highest BCUT2D eigenvalue weighted by Gasteiger charge is 2.14. The maximum absolute atomic E-state index is 12.5. The predicted octanol–water partition coefficient (Wildman–Crippen LogP) is 4.48. The Labute approximate surface area is 172 Å². The topological polar surface area (TPSA) is 91.2 Å². The normalized spacial score (nSPS) is 9.93. The second-order valence-corrected chi connectivity index (χ2v) is 6.37. The lowest BCUT2D eigenvalue weighted by molar-refractivity contribution is -0.118. The second-order valence-electron chi connectivity index (χ2n) is 5.96. The number of anilines is 2. The monoisotopic (exact) mass is 405 g/mol. The molecule has 3 rings (SSSR count). The molecule has 144 valence electrons. The van der Waals surface area contributed by atoms with Crippen molar-refractivity contribution in [2.45, 2.75) is 0 Å². The highest BCUT2D eigenvalue weighted by molar-refractivity contribution is 6.32. The summed E-state index contributed by atoms with van der Waals surface area (Å²) in [7, 11) is 0. The SMILES string of the molecule is N#Cc1ccc(NC(=O)COc2ccccc2C(=O)Nc2ccccc2)cc1Cl. The summed E-state index contributed by atoms with van der Waals surface area (Å²) in [5, 5.41) is 14.6. The van der Waals surface area contributed by atoms with Gasteiger partial charge in [-0.15, -0.1) is 0 Å². The van der Waals surface area contributed by atoms with Crippen LogP contribution in [0.4, 0.5) is 11.4 Å². The summed E-state index contributed by atoms with van der Waals surface area (Å²) in [6.45, 7) is -0.298. The van der Waals surface area contributed by atoms with Crippen molar-refractivity contribution < 1.29 is 14.3 Å². The number of benzene rings is 3. The Bertz CT molecular complexity index is 1080. The van der Waals surface area contributed by atoms with Crippen LogP contribution in [-0.4, -0.2) is 18.4 Å². The highest BCUT2D eigenvalue weighted by Crippen LogP contribution is 2.21. The minimum atomic E-state index is -0.427. The van der Waals surface area contributed by atoms with Crippen LogP contribution in [0.1, 0.15) is 15.9 Å². The highest BCUT2D eigenvalue weighted by atomic mass is 35.5. The van der Waals surface area contributed by atoms with Crippen molar-refractivity contribution in [2.75, 3.05) is 17.2 Å². The molecule has 2 amide bonds. The Balaban J connectivity index is 1.63. The van der Waals surface area contributed by atoms with Gasteiger partial charge in [0.25, 0.3) is 11.8 Å². The third kappa shape index (κ3) is 5.34. The van der Waals surface area contributed by atoms with Gasteiger partial charge in [0.05, 0.1) is 16.1 Å². The molecule has 2 N–H and O–H groups in total. The average molecular weight is 406 g/mol. The molecule has 0 aliphatic carbocycles. The number of carbonyl (C=O) groups excluding carboxylic acids is 2. The van der Waals surface area contributed by atoms with Crippen molar-refractivity contribution in [3.05, 3.63) is 88.9 Å². The van der Waals surface area contributed by atoms with Gasteiger partial charge in [0.15, 0.2) is 6.61 Å². The first-order valence-corrected chi connectivity index (χ1v) is 9.02. The Hall–Kier alpha value is -3.82. The molecule has 0 radical (unpaired) electrons.